The van der Waals surface area contributed by atoms with E-state index >= 15 is 0 Å². The number of hydrogen-bond acceptors (Lipinski definition) is 2. The van der Waals surface area contributed by atoms with Crippen molar-refractivity contribution >= 4 is 0 Å². The molecule has 2 aromatic rings. The van der Waals surface area contributed by atoms with Gasteiger partial charge in [-0.25, -0.2) is 4.98 Å². The lowest BCUT2D eigenvalue weighted by Crippen LogP contribution is -1.99. The number of benzene rings is 1. The Kier molecular flexibility index (Phi) is 5.22. The van der Waals surface area contributed by atoms with Gasteiger partial charge in [0.05, 0.1) is 0 Å². The summed E-state index contributed by atoms with van der Waals surface area (Å²) in [5, 5.41) is 0. The average molecular weight is 272 g/mol. The fourth-order valence-electron chi connectivity index (χ4n) is 2.16. The molecular formula is C17H21FN2. The van der Waals surface area contributed by atoms with Crippen molar-refractivity contribution in [3.8, 4) is 11.4 Å². The zero-order chi connectivity index (χ0) is 14.4. The predicted octanol–water partition coefficient (Wildman–Crippen LogP) is 4.58. The molecule has 1 aromatic carbocycles. The Morgan fingerprint density at radius 1 is 1.00 bits per heavy atom. The zero-order valence-electron chi connectivity index (χ0n) is 12.2. The fraction of sp³-hybridized carbons (Fsp3) is 0.412. The van der Waals surface area contributed by atoms with Crippen LogP contribution in [-0.4, -0.2) is 9.97 Å². The van der Waals surface area contributed by atoms with E-state index in [0.717, 1.165) is 18.4 Å². The summed E-state index contributed by atoms with van der Waals surface area (Å²) in [4.78, 5) is 8.25. The van der Waals surface area contributed by atoms with Crippen molar-refractivity contribution in [3.05, 3.63) is 47.5 Å². The number of aromatic nitrogens is 2. The van der Waals surface area contributed by atoms with E-state index in [1.807, 2.05) is 19.1 Å². The van der Waals surface area contributed by atoms with E-state index in [2.05, 4.69) is 29.0 Å². The average Bonchev–Trinajstić information content (AvgIpc) is 2.48. The van der Waals surface area contributed by atoms with Crippen molar-refractivity contribution < 1.29 is 4.39 Å². The van der Waals surface area contributed by atoms with E-state index in [-0.39, 0.29) is 0 Å². The van der Waals surface area contributed by atoms with Gasteiger partial charge in [0.1, 0.15) is 0 Å². The lowest BCUT2D eigenvalue weighted by atomic mass is 10.1. The van der Waals surface area contributed by atoms with Crippen LogP contribution in [0.5, 0.6) is 0 Å². The summed E-state index contributed by atoms with van der Waals surface area (Å²) in [6.45, 7) is 4.20. The highest BCUT2D eigenvalue weighted by molar-refractivity contribution is 5.55. The van der Waals surface area contributed by atoms with Gasteiger partial charge < -0.3 is 0 Å². The first-order chi connectivity index (χ1) is 9.74. The van der Waals surface area contributed by atoms with Crippen LogP contribution in [0.25, 0.3) is 11.4 Å². The lowest BCUT2D eigenvalue weighted by Gasteiger charge is -2.05. The van der Waals surface area contributed by atoms with Crippen molar-refractivity contribution in [3.63, 3.8) is 0 Å². The molecule has 0 fully saturated rings. The quantitative estimate of drug-likeness (QED) is 0.719. The Labute approximate surface area is 120 Å². The second kappa shape index (κ2) is 7.13. The molecule has 1 aromatic heterocycles. The summed E-state index contributed by atoms with van der Waals surface area (Å²) in [5.74, 6) is 0.0660. The first kappa shape index (κ1) is 14.6. The molecule has 0 saturated heterocycles. The highest BCUT2D eigenvalue weighted by Gasteiger charge is 2.07. The summed E-state index contributed by atoms with van der Waals surface area (Å²) < 4.78 is 13.8. The van der Waals surface area contributed by atoms with Gasteiger partial charge in [-0.05, 0) is 24.8 Å². The molecule has 106 valence electrons. The maximum absolute atomic E-state index is 13.8. The maximum atomic E-state index is 13.8. The van der Waals surface area contributed by atoms with Crippen LogP contribution in [0.4, 0.5) is 4.39 Å². The van der Waals surface area contributed by atoms with Crippen LogP contribution in [0.3, 0.4) is 0 Å². The molecular weight excluding hydrogens is 251 g/mol. The monoisotopic (exact) mass is 272 g/mol. The van der Waals surface area contributed by atoms with Crippen molar-refractivity contribution in [2.75, 3.05) is 0 Å². The SMILES string of the molecule is CCCCc1ccc(-c2ncc(CCC)c(F)n2)cc1. The molecule has 0 N–H and O–H groups in total. The van der Waals surface area contributed by atoms with Gasteiger partial charge in [0.2, 0.25) is 5.95 Å². The van der Waals surface area contributed by atoms with Crippen molar-refractivity contribution in [2.24, 2.45) is 0 Å². The predicted molar refractivity (Wildman–Crippen MR) is 80.0 cm³/mol. The number of unbranched alkanes of at least 4 members (excludes halogenated alkanes) is 1. The summed E-state index contributed by atoms with van der Waals surface area (Å²) in [5.41, 5.74) is 2.77. The third kappa shape index (κ3) is 3.62. The van der Waals surface area contributed by atoms with Gasteiger partial charge in [-0.2, -0.15) is 9.37 Å². The largest absolute Gasteiger partial charge is 0.236 e. The summed E-state index contributed by atoms with van der Waals surface area (Å²) in [6.07, 6.45) is 6.65. The van der Waals surface area contributed by atoms with E-state index in [9.17, 15) is 4.39 Å². The molecule has 0 aliphatic carbocycles. The molecule has 20 heavy (non-hydrogen) atoms. The standard InChI is InChI=1S/C17H21FN2/c1-3-5-7-13-8-10-14(11-9-13)17-19-12-15(6-4-2)16(18)20-17/h8-12H,3-7H2,1-2H3. The van der Waals surface area contributed by atoms with Crippen molar-refractivity contribution in [2.45, 2.75) is 46.0 Å². The molecule has 0 aliphatic heterocycles. The number of halogens is 1. The molecule has 0 spiro atoms. The topological polar surface area (TPSA) is 25.8 Å². The minimum Gasteiger partial charge on any atom is -0.236 e. The van der Waals surface area contributed by atoms with Gasteiger partial charge in [-0.3, -0.25) is 0 Å². The second-order valence-corrected chi connectivity index (χ2v) is 5.06. The molecule has 0 radical (unpaired) electrons. The molecule has 0 amide bonds. The van der Waals surface area contributed by atoms with Gasteiger partial charge in [0.15, 0.2) is 5.82 Å². The minimum atomic E-state index is -0.396. The molecule has 0 aliphatic rings. The summed E-state index contributed by atoms with van der Waals surface area (Å²) >= 11 is 0. The molecule has 0 bridgehead atoms. The van der Waals surface area contributed by atoms with E-state index in [4.69, 9.17) is 0 Å². The van der Waals surface area contributed by atoms with Crippen molar-refractivity contribution in [1.82, 2.24) is 9.97 Å². The Bertz CT molecular complexity index is 549. The molecule has 2 rings (SSSR count). The van der Waals surface area contributed by atoms with Gasteiger partial charge >= 0.3 is 0 Å². The van der Waals surface area contributed by atoms with Crippen LogP contribution < -0.4 is 0 Å². The third-order valence-corrected chi connectivity index (χ3v) is 3.36. The Hall–Kier alpha value is -1.77. The lowest BCUT2D eigenvalue weighted by molar-refractivity contribution is 0.561. The maximum Gasteiger partial charge on any atom is 0.219 e. The summed E-state index contributed by atoms with van der Waals surface area (Å²) in [6, 6.07) is 8.09. The minimum absolute atomic E-state index is 0.396. The van der Waals surface area contributed by atoms with E-state index in [1.165, 1.54) is 18.4 Å². The summed E-state index contributed by atoms with van der Waals surface area (Å²) in [7, 11) is 0. The van der Waals surface area contributed by atoms with Gasteiger partial charge in [0.25, 0.3) is 0 Å². The number of hydrogen-bond donors (Lipinski definition) is 0. The molecule has 0 atom stereocenters. The smallest absolute Gasteiger partial charge is 0.219 e. The number of aryl methyl sites for hydroxylation is 2. The first-order valence-electron chi connectivity index (χ1n) is 7.35. The normalized spacial score (nSPS) is 10.8. The van der Waals surface area contributed by atoms with Crippen LogP contribution in [-0.2, 0) is 12.8 Å². The molecule has 1 heterocycles. The highest BCUT2D eigenvalue weighted by atomic mass is 19.1. The Morgan fingerprint density at radius 3 is 2.35 bits per heavy atom. The first-order valence-corrected chi connectivity index (χ1v) is 7.35. The van der Waals surface area contributed by atoms with Gasteiger partial charge in [-0.1, -0.05) is 51.0 Å². The van der Waals surface area contributed by atoms with Crippen molar-refractivity contribution in [1.29, 1.82) is 0 Å². The highest BCUT2D eigenvalue weighted by Crippen LogP contribution is 2.18. The van der Waals surface area contributed by atoms with Crippen LogP contribution in [0, 0.1) is 5.95 Å². The van der Waals surface area contributed by atoms with Crippen LogP contribution in [0.1, 0.15) is 44.2 Å². The van der Waals surface area contributed by atoms with Crippen LogP contribution in [0.15, 0.2) is 30.5 Å². The van der Waals surface area contributed by atoms with Crippen LogP contribution in [0.2, 0.25) is 0 Å². The van der Waals surface area contributed by atoms with E-state index in [1.54, 1.807) is 6.20 Å². The number of rotatable bonds is 6. The van der Waals surface area contributed by atoms with E-state index in [0.29, 0.717) is 17.8 Å². The van der Waals surface area contributed by atoms with E-state index < -0.39 is 5.95 Å². The Morgan fingerprint density at radius 2 is 1.75 bits per heavy atom. The fourth-order valence-corrected chi connectivity index (χ4v) is 2.16. The third-order valence-electron chi connectivity index (χ3n) is 3.36. The second-order valence-electron chi connectivity index (χ2n) is 5.06. The number of nitrogens with zero attached hydrogens (tertiary/aromatic N) is 2. The van der Waals surface area contributed by atoms with Crippen LogP contribution >= 0.6 is 0 Å². The zero-order valence-corrected chi connectivity index (χ0v) is 12.2. The molecule has 0 unspecified atom stereocenters. The van der Waals surface area contributed by atoms with Gasteiger partial charge in [0, 0.05) is 17.3 Å². The Balaban J connectivity index is 2.17. The molecule has 2 nitrogen and oxygen atoms in total. The van der Waals surface area contributed by atoms with Gasteiger partial charge in [-0.15, -0.1) is 0 Å². The molecule has 3 heteroatoms. The molecule has 0 saturated carbocycles.